The molecule has 1 aliphatic carbocycles. The first-order valence-corrected chi connectivity index (χ1v) is 10.8. The van der Waals surface area contributed by atoms with Crippen LogP contribution in [0.4, 0.5) is 0 Å². The zero-order valence-electron chi connectivity index (χ0n) is 17.3. The van der Waals surface area contributed by atoms with Gasteiger partial charge in [0.15, 0.2) is 0 Å². The Labute approximate surface area is 173 Å². The Morgan fingerprint density at radius 1 is 1.34 bits per heavy atom. The summed E-state index contributed by atoms with van der Waals surface area (Å²) in [7, 11) is 0. The fourth-order valence-corrected chi connectivity index (χ4v) is 3.99. The van der Waals surface area contributed by atoms with Crippen molar-refractivity contribution in [1.82, 2.24) is 9.55 Å². The highest BCUT2D eigenvalue weighted by atomic mass is 16.4. The van der Waals surface area contributed by atoms with E-state index >= 15 is 0 Å². The molecule has 4 atom stereocenters. The molecular weight excluding hydrogens is 368 g/mol. The first-order chi connectivity index (χ1) is 14.0. The Kier molecular flexibility index (Phi) is 9.84. The molecule has 1 aromatic heterocycles. The van der Waals surface area contributed by atoms with Crippen LogP contribution in [0.3, 0.4) is 0 Å². The summed E-state index contributed by atoms with van der Waals surface area (Å²) in [5, 5.41) is 19.0. The van der Waals surface area contributed by atoms with Gasteiger partial charge in [-0.05, 0) is 25.7 Å². The lowest BCUT2D eigenvalue weighted by Crippen LogP contribution is -2.18. The minimum atomic E-state index is -0.782. The van der Waals surface area contributed by atoms with Crippen molar-refractivity contribution >= 4 is 11.8 Å². The minimum absolute atomic E-state index is 0.0150. The summed E-state index contributed by atoms with van der Waals surface area (Å²) in [6.45, 7) is 2.14. The fraction of sp³-hybridized carbons (Fsp3) is 0.609. The maximum absolute atomic E-state index is 12.7. The predicted molar refractivity (Wildman–Crippen MR) is 112 cm³/mol. The molecule has 0 aromatic carbocycles. The molecule has 29 heavy (non-hydrogen) atoms. The van der Waals surface area contributed by atoms with Crippen LogP contribution in [-0.2, 0) is 9.59 Å². The van der Waals surface area contributed by atoms with Crippen molar-refractivity contribution in [3.63, 3.8) is 0 Å². The summed E-state index contributed by atoms with van der Waals surface area (Å²) in [6, 6.07) is 0.0227. The summed E-state index contributed by atoms with van der Waals surface area (Å²) in [6.07, 6.45) is 19.3. The normalized spacial score (nSPS) is 23.4. The fourth-order valence-electron chi connectivity index (χ4n) is 3.99. The molecule has 2 rings (SSSR count). The topological polar surface area (TPSA) is 92.4 Å². The number of carbonyl (C=O) groups excluding carboxylic acids is 1. The van der Waals surface area contributed by atoms with Gasteiger partial charge < -0.3 is 14.8 Å². The smallest absolute Gasteiger partial charge is 0.303 e. The molecule has 1 aliphatic rings. The molecule has 1 saturated carbocycles. The van der Waals surface area contributed by atoms with Gasteiger partial charge in [-0.1, -0.05) is 50.5 Å². The second-order valence-corrected chi connectivity index (χ2v) is 7.87. The molecular formula is C23H34N2O4. The maximum atomic E-state index is 12.7. The van der Waals surface area contributed by atoms with E-state index in [4.69, 9.17) is 5.11 Å². The molecule has 0 amide bonds. The number of hydrogen-bond donors (Lipinski definition) is 2. The van der Waals surface area contributed by atoms with Crippen molar-refractivity contribution < 1.29 is 19.8 Å². The second-order valence-electron chi connectivity index (χ2n) is 7.87. The van der Waals surface area contributed by atoms with E-state index < -0.39 is 12.1 Å². The molecule has 0 radical (unpaired) electrons. The predicted octanol–water partition coefficient (Wildman–Crippen LogP) is 4.33. The molecule has 2 N–H and O–H groups in total. The zero-order chi connectivity index (χ0) is 21.1. The van der Waals surface area contributed by atoms with E-state index in [9.17, 15) is 14.7 Å². The van der Waals surface area contributed by atoms with Crippen molar-refractivity contribution in [3.8, 4) is 0 Å². The average Bonchev–Trinajstić information content (AvgIpc) is 3.31. The maximum Gasteiger partial charge on any atom is 0.303 e. The average molecular weight is 403 g/mol. The monoisotopic (exact) mass is 402 g/mol. The molecule has 160 valence electrons. The molecule has 1 heterocycles. The summed E-state index contributed by atoms with van der Waals surface area (Å²) in [5.41, 5.74) is 0. The van der Waals surface area contributed by atoms with Crippen LogP contribution in [0, 0.1) is 11.8 Å². The molecule has 0 aliphatic heterocycles. The van der Waals surface area contributed by atoms with E-state index in [1.165, 1.54) is 0 Å². The molecule has 2 unspecified atom stereocenters. The van der Waals surface area contributed by atoms with E-state index in [1.807, 2.05) is 35.1 Å². The SMILES string of the molecule is CCCCCC(O)C=C[C@H]1C(n2ccnc2)CC(=O)[C@H]1CC=CCCCC(=O)O. The van der Waals surface area contributed by atoms with E-state index in [0.717, 1.165) is 25.7 Å². The molecule has 1 fully saturated rings. The van der Waals surface area contributed by atoms with Gasteiger partial charge in [-0.3, -0.25) is 9.59 Å². The van der Waals surface area contributed by atoms with Gasteiger partial charge in [0.25, 0.3) is 0 Å². The summed E-state index contributed by atoms with van der Waals surface area (Å²) < 4.78 is 1.99. The Balaban J connectivity index is 2.01. The van der Waals surface area contributed by atoms with Crippen LogP contribution >= 0.6 is 0 Å². The number of aliphatic hydroxyl groups is 1. The number of aliphatic hydroxyl groups excluding tert-OH is 1. The van der Waals surface area contributed by atoms with Crippen LogP contribution in [-0.4, -0.2) is 37.6 Å². The van der Waals surface area contributed by atoms with Crippen LogP contribution in [0.15, 0.2) is 43.0 Å². The number of carboxylic acids is 1. The van der Waals surface area contributed by atoms with Gasteiger partial charge in [0.05, 0.1) is 12.4 Å². The van der Waals surface area contributed by atoms with E-state index in [-0.39, 0.29) is 30.1 Å². The summed E-state index contributed by atoms with van der Waals surface area (Å²) >= 11 is 0. The van der Waals surface area contributed by atoms with E-state index in [1.54, 1.807) is 12.5 Å². The summed E-state index contributed by atoms with van der Waals surface area (Å²) in [5.74, 6) is -0.664. The van der Waals surface area contributed by atoms with Gasteiger partial charge in [0.2, 0.25) is 0 Å². The Morgan fingerprint density at radius 3 is 2.86 bits per heavy atom. The number of imidazole rings is 1. The number of allylic oxidation sites excluding steroid dienone is 3. The highest BCUT2D eigenvalue weighted by molar-refractivity contribution is 5.84. The molecule has 0 spiro atoms. The Bertz CT molecular complexity index is 681. The van der Waals surface area contributed by atoms with E-state index in [0.29, 0.717) is 25.7 Å². The quantitative estimate of drug-likeness (QED) is 0.378. The van der Waals surface area contributed by atoms with Crippen molar-refractivity contribution in [3.05, 3.63) is 43.0 Å². The van der Waals surface area contributed by atoms with Crippen molar-refractivity contribution in [1.29, 1.82) is 0 Å². The highest BCUT2D eigenvalue weighted by Gasteiger charge is 2.41. The van der Waals surface area contributed by atoms with Gasteiger partial charge in [-0.2, -0.15) is 0 Å². The number of unbranched alkanes of at least 4 members (excludes halogenated alkanes) is 3. The molecule has 6 heteroatoms. The third-order valence-corrected chi connectivity index (χ3v) is 5.62. The molecule has 6 nitrogen and oxygen atoms in total. The zero-order valence-corrected chi connectivity index (χ0v) is 17.3. The Hall–Kier alpha value is -2.21. The molecule has 0 saturated heterocycles. The van der Waals surface area contributed by atoms with Crippen LogP contribution in [0.5, 0.6) is 0 Å². The number of rotatable bonds is 13. The van der Waals surface area contributed by atoms with Crippen molar-refractivity contribution in [2.24, 2.45) is 11.8 Å². The van der Waals surface area contributed by atoms with Crippen molar-refractivity contribution in [2.45, 2.75) is 76.9 Å². The Morgan fingerprint density at radius 2 is 2.17 bits per heavy atom. The van der Waals surface area contributed by atoms with Crippen LogP contribution < -0.4 is 0 Å². The number of aromatic nitrogens is 2. The number of Topliss-reactive ketones (excluding diaryl/α,β-unsaturated/α-hetero) is 1. The van der Waals surface area contributed by atoms with Gasteiger partial charge >= 0.3 is 5.97 Å². The van der Waals surface area contributed by atoms with Gasteiger partial charge in [-0.15, -0.1) is 0 Å². The number of hydrogen-bond acceptors (Lipinski definition) is 4. The number of carboxylic acid groups (broad SMARTS) is 1. The molecule has 0 bridgehead atoms. The van der Waals surface area contributed by atoms with Crippen molar-refractivity contribution in [2.75, 3.05) is 0 Å². The lowest BCUT2D eigenvalue weighted by molar-refractivity contribution is -0.137. The van der Waals surface area contributed by atoms with E-state index in [2.05, 4.69) is 11.9 Å². The van der Waals surface area contributed by atoms with Crippen LogP contribution in [0.25, 0.3) is 0 Å². The number of nitrogens with zero attached hydrogens (tertiary/aromatic N) is 2. The second kappa shape index (κ2) is 12.4. The number of aliphatic carboxylic acids is 1. The first kappa shape index (κ1) is 23.1. The lowest BCUT2D eigenvalue weighted by Gasteiger charge is -2.21. The lowest BCUT2D eigenvalue weighted by atomic mass is 9.89. The minimum Gasteiger partial charge on any atom is -0.481 e. The third kappa shape index (κ3) is 7.61. The third-order valence-electron chi connectivity index (χ3n) is 5.62. The summed E-state index contributed by atoms with van der Waals surface area (Å²) in [4.78, 5) is 27.4. The van der Waals surface area contributed by atoms with Gasteiger partial charge in [-0.25, -0.2) is 4.98 Å². The standard InChI is InChI=1S/C23H34N2O4/c1-2-3-6-9-18(26)12-13-19-20(10-7-4-5-8-11-23(28)29)22(27)16-21(19)25-15-14-24-17-25/h4,7,12-15,17-21,26H,2-3,5-6,8-11,16H2,1H3,(H,28,29)/t18?,19-,20+,21?/m1/s1. The largest absolute Gasteiger partial charge is 0.481 e. The van der Waals surface area contributed by atoms with Gasteiger partial charge in [0.1, 0.15) is 5.78 Å². The molecule has 1 aromatic rings. The number of carbonyl (C=O) groups is 2. The van der Waals surface area contributed by atoms with Gasteiger partial charge in [0, 0.05) is 43.1 Å². The van der Waals surface area contributed by atoms with Crippen LogP contribution in [0.1, 0.15) is 70.8 Å². The number of ketones is 1. The van der Waals surface area contributed by atoms with Crippen LogP contribution in [0.2, 0.25) is 0 Å². The highest BCUT2D eigenvalue weighted by Crippen LogP contribution is 2.41. The first-order valence-electron chi connectivity index (χ1n) is 10.8.